The van der Waals surface area contributed by atoms with E-state index in [9.17, 15) is 15.0 Å². The van der Waals surface area contributed by atoms with Crippen LogP contribution in [0.5, 0.6) is 0 Å². The number of ketones is 1. The molecule has 20 heavy (non-hydrogen) atoms. The van der Waals surface area contributed by atoms with Crippen molar-refractivity contribution in [1.29, 1.82) is 0 Å². The van der Waals surface area contributed by atoms with Crippen LogP contribution in [-0.2, 0) is 14.3 Å². The summed E-state index contributed by atoms with van der Waals surface area (Å²) in [6, 6.07) is 0. The van der Waals surface area contributed by atoms with Gasteiger partial charge in [0.2, 0.25) is 11.6 Å². The lowest BCUT2D eigenvalue weighted by molar-refractivity contribution is -0.267. The second-order valence-corrected chi connectivity index (χ2v) is 6.80. The van der Waals surface area contributed by atoms with Gasteiger partial charge >= 0.3 is 0 Å². The van der Waals surface area contributed by atoms with Gasteiger partial charge in [0.15, 0.2) is 0 Å². The van der Waals surface area contributed by atoms with E-state index in [1.54, 1.807) is 6.92 Å². The van der Waals surface area contributed by atoms with Crippen LogP contribution in [0.3, 0.4) is 0 Å². The van der Waals surface area contributed by atoms with E-state index in [-0.39, 0.29) is 18.1 Å². The van der Waals surface area contributed by atoms with Crippen molar-refractivity contribution in [3.8, 4) is 0 Å². The molecule has 2 aliphatic carbocycles. The van der Waals surface area contributed by atoms with Crippen LogP contribution in [0.1, 0.15) is 33.6 Å². The molecule has 5 heteroatoms. The molecule has 0 aromatic carbocycles. The van der Waals surface area contributed by atoms with Gasteiger partial charge in [-0.05, 0) is 33.3 Å². The SMILES string of the molecule is CO[C@]12OC(C)(C)[C@H]3C[C@@]31[C@@H](O)C/C(=C\[C@H](C)O)C2=O. The smallest absolute Gasteiger partial charge is 0.242 e. The van der Waals surface area contributed by atoms with E-state index in [1.807, 2.05) is 13.8 Å². The maximum absolute atomic E-state index is 12.8. The van der Waals surface area contributed by atoms with E-state index in [1.165, 1.54) is 13.2 Å². The number of carbonyl (C=O) groups excluding carboxylic acids is 1. The molecule has 3 rings (SSSR count). The molecule has 1 heterocycles. The Bertz CT molecular complexity index is 494. The zero-order chi connectivity index (χ0) is 14.9. The Morgan fingerprint density at radius 3 is 2.65 bits per heavy atom. The van der Waals surface area contributed by atoms with Crippen molar-refractivity contribution < 1.29 is 24.5 Å². The fraction of sp³-hybridized carbons (Fsp3) is 0.800. The number of ether oxygens (including phenoxy) is 2. The Morgan fingerprint density at radius 1 is 1.50 bits per heavy atom. The lowest BCUT2D eigenvalue weighted by atomic mass is 9.73. The largest absolute Gasteiger partial charge is 0.392 e. The van der Waals surface area contributed by atoms with Crippen molar-refractivity contribution in [3.63, 3.8) is 0 Å². The van der Waals surface area contributed by atoms with Crippen molar-refractivity contribution >= 4 is 5.78 Å². The number of methoxy groups -OCH3 is 1. The molecule has 0 aromatic heterocycles. The number of hydrogen-bond donors (Lipinski definition) is 2. The summed E-state index contributed by atoms with van der Waals surface area (Å²) in [5, 5.41) is 20.1. The Labute approximate surface area is 118 Å². The van der Waals surface area contributed by atoms with Gasteiger partial charge in [-0.25, -0.2) is 0 Å². The van der Waals surface area contributed by atoms with Crippen molar-refractivity contribution in [1.82, 2.24) is 0 Å². The molecule has 112 valence electrons. The van der Waals surface area contributed by atoms with Gasteiger partial charge in [-0.3, -0.25) is 4.79 Å². The van der Waals surface area contributed by atoms with Gasteiger partial charge in [0.1, 0.15) is 0 Å². The molecule has 0 bridgehead atoms. The van der Waals surface area contributed by atoms with Crippen LogP contribution in [-0.4, -0.2) is 46.7 Å². The topological polar surface area (TPSA) is 76.0 Å². The first-order valence-corrected chi connectivity index (χ1v) is 7.08. The number of Topliss-reactive ketones (excluding diaryl/α,β-unsaturated/α-hetero) is 1. The molecule has 0 aromatic rings. The first-order valence-electron chi connectivity index (χ1n) is 7.08. The lowest BCUT2D eigenvalue weighted by Gasteiger charge is -2.43. The van der Waals surface area contributed by atoms with Crippen LogP contribution in [0, 0.1) is 11.3 Å². The first-order chi connectivity index (χ1) is 9.21. The van der Waals surface area contributed by atoms with Crippen LogP contribution in [0.15, 0.2) is 11.6 Å². The molecule has 0 radical (unpaired) electrons. The molecule has 1 saturated heterocycles. The average molecular weight is 282 g/mol. The molecule has 3 aliphatic rings. The third-order valence-electron chi connectivity index (χ3n) is 5.19. The monoisotopic (exact) mass is 282 g/mol. The normalized spacial score (nSPS) is 48.9. The number of hydrogen-bond acceptors (Lipinski definition) is 5. The van der Waals surface area contributed by atoms with Crippen LogP contribution in [0.4, 0.5) is 0 Å². The van der Waals surface area contributed by atoms with E-state index in [0.717, 1.165) is 6.42 Å². The second kappa shape index (κ2) is 3.91. The summed E-state index contributed by atoms with van der Waals surface area (Å²) in [5.74, 6) is -1.53. The molecule has 5 atom stereocenters. The summed E-state index contributed by atoms with van der Waals surface area (Å²) in [7, 11) is 1.45. The number of aliphatic hydroxyl groups excluding tert-OH is 2. The summed E-state index contributed by atoms with van der Waals surface area (Å²) in [5.41, 5.74) is -0.728. The average Bonchev–Trinajstić information content (AvgIpc) is 3.06. The standard InChI is InChI=1S/C15H22O5/c1-8(16)5-9-6-11(17)14-7-10(14)13(2,3)20-15(14,19-4)12(9)18/h5,8,10-11,16-17H,6-7H2,1-4H3/b9-5+/t8-,10+,11-,14-,15+/m0/s1. The number of rotatable bonds is 2. The van der Waals surface area contributed by atoms with Gasteiger partial charge in [-0.15, -0.1) is 0 Å². The molecule has 0 unspecified atom stereocenters. The quantitative estimate of drug-likeness (QED) is 0.732. The molecular formula is C15H22O5. The van der Waals surface area contributed by atoms with Crippen molar-refractivity contribution in [3.05, 3.63) is 11.6 Å². The highest BCUT2D eigenvalue weighted by atomic mass is 16.7. The highest BCUT2D eigenvalue weighted by molar-refractivity contribution is 6.03. The van der Waals surface area contributed by atoms with E-state index in [2.05, 4.69) is 0 Å². The molecular weight excluding hydrogens is 260 g/mol. The summed E-state index contributed by atoms with van der Waals surface area (Å²) < 4.78 is 11.5. The van der Waals surface area contributed by atoms with Gasteiger partial charge < -0.3 is 19.7 Å². The van der Waals surface area contributed by atoms with Gasteiger partial charge in [0.05, 0.1) is 23.2 Å². The third-order valence-corrected chi connectivity index (χ3v) is 5.19. The predicted molar refractivity (Wildman–Crippen MR) is 70.8 cm³/mol. The van der Waals surface area contributed by atoms with Gasteiger partial charge in [-0.2, -0.15) is 0 Å². The number of carbonyl (C=O) groups is 1. The highest BCUT2D eigenvalue weighted by Crippen LogP contribution is 2.76. The summed E-state index contributed by atoms with van der Waals surface area (Å²) in [6.45, 7) is 5.45. The molecule has 2 saturated carbocycles. The van der Waals surface area contributed by atoms with Crippen molar-refractivity contribution in [2.45, 2.75) is 57.2 Å². The fourth-order valence-electron chi connectivity index (χ4n) is 4.34. The van der Waals surface area contributed by atoms with E-state index < -0.39 is 29.0 Å². The Hall–Kier alpha value is -0.750. The fourth-order valence-corrected chi connectivity index (χ4v) is 4.34. The molecule has 0 amide bonds. The molecule has 3 fully saturated rings. The van der Waals surface area contributed by atoms with Crippen molar-refractivity contribution in [2.24, 2.45) is 11.3 Å². The van der Waals surface area contributed by atoms with Gasteiger partial charge in [-0.1, -0.05) is 0 Å². The third kappa shape index (κ3) is 1.44. The predicted octanol–water partition coefficient (Wildman–Crippen LogP) is 0.785. The minimum atomic E-state index is -1.40. The zero-order valence-electron chi connectivity index (χ0n) is 12.3. The molecule has 2 N–H and O–H groups in total. The first kappa shape index (κ1) is 14.2. The molecule has 5 nitrogen and oxygen atoms in total. The minimum absolute atomic E-state index is 0.127. The zero-order valence-corrected chi connectivity index (χ0v) is 12.3. The Balaban J connectivity index is 2.09. The highest BCUT2D eigenvalue weighted by Gasteiger charge is 2.85. The van der Waals surface area contributed by atoms with E-state index >= 15 is 0 Å². The maximum Gasteiger partial charge on any atom is 0.242 e. The minimum Gasteiger partial charge on any atom is -0.392 e. The summed E-state index contributed by atoms with van der Waals surface area (Å²) >= 11 is 0. The lowest BCUT2D eigenvalue weighted by Crippen LogP contribution is -2.58. The maximum atomic E-state index is 12.8. The molecule has 1 aliphatic heterocycles. The van der Waals surface area contributed by atoms with Crippen LogP contribution < -0.4 is 0 Å². The molecule has 1 spiro atoms. The van der Waals surface area contributed by atoms with E-state index in [0.29, 0.717) is 5.57 Å². The Morgan fingerprint density at radius 2 is 2.15 bits per heavy atom. The van der Waals surface area contributed by atoms with Crippen molar-refractivity contribution in [2.75, 3.05) is 7.11 Å². The van der Waals surface area contributed by atoms with Crippen LogP contribution in [0.25, 0.3) is 0 Å². The van der Waals surface area contributed by atoms with Gasteiger partial charge in [0, 0.05) is 25.0 Å². The van der Waals surface area contributed by atoms with Crippen LogP contribution in [0.2, 0.25) is 0 Å². The van der Waals surface area contributed by atoms with E-state index in [4.69, 9.17) is 9.47 Å². The second-order valence-electron chi connectivity index (χ2n) is 6.80. The van der Waals surface area contributed by atoms with Crippen LogP contribution >= 0.6 is 0 Å². The van der Waals surface area contributed by atoms with Gasteiger partial charge in [0.25, 0.3) is 0 Å². The number of aliphatic hydroxyl groups is 2. The summed E-state index contributed by atoms with van der Waals surface area (Å²) in [4.78, 5) is 12.8. The summed E-state index contributed by atoms with van der Waals surface area (Å²) in [6.07, 6.45) is 1.05. The Kier molecular flexibility index (Phi) is 2.78.